The highest BCUT2D eigenvalue weighted by atomic mass is 35.5. The van der Waals surface area contributed by atoms with Gasteiger partial charge in [0.1, 0.15) is 5.82 Å². The molecule has 1 atom stereocenters. The lowest BCUT2D eigenvalue weighted by Gasteiger charge is -2.17. The highest BCUT2D eigenvalue weighted by molar-refractivity contribution is 6.30. The fourth-order valence-electron chi connectivity index (χ4n) is 1.38. The maximum absolute atomic E-state index is 13.5. The Morgan fingerprint density at radius 3 is 2.39 bits per heavy atom. The van der Waals surface area contributed by atoms with Crippen molar-refractivity contribution in [3.63, 3.8) is 0 Å². The SMILES string of the molecule is Cl.N#CC[C@@H](N)c1c(C(F)(F)F)ccc(Cl)c1F. The van der Waals surface area contributed by atoms with Crippen LogP contribution < -0.4 is 5.73 Å². The van der Waals surface area contributed by atoms with Gasteiger partial charge >= 0.3 is 6.18 Å². The van der Waals surface area contributed by atoms with Crippen molar-refractivity contribution in [2.45, 2.75) is 18.6 Å². The number of halogens is 6. The van der Waals surface area contributed by atoms with Gasteiger partial charge in [0.15, 0.2) is 0 Å². The predicted molar refractivity (Wildman–Crippen MR) is 60.8 cm³/mol. The summed E-state index contributed by atoms with van der Waals surface area (Å²) in [6.45, 7) is 0. The van der Waals surface area contributed by atoms with E-state index in [0.29, 0.717) is 6.07 Å². The van der Waals surface area contributed by atoms with E-state index in [-0.39, 0.29) is 12.4 Å². The van der Waals surface area contributed by atoms with E-state index >= 15 is 0 Å². The van der Waals surface area contributed by atoms with Crippen LogP contribution in [0.3, 0.4) is 0 Å². The predicted octanol–water partition coefficient (Wildman–Crippen LogP) is 3.83. The van der Waals surface area contributed by atoms with Crippen LogP contribution in [0.15, 0.2) is 12.1 Å². The molecule has 0 saturated carbocycles. The van der Waals surface area contributed by atoms with Crippen molar-refractivity contribution in [2.24, 2.45) is 5.73 Å². The Kier molecular flexibility index (Phi) is 5.87. The lowest BCUT2D eigenvalue weighted by Crippen LogP contribution is -2.19. The second-order valence-electron chi connectivity index (χ2n) is 3.29. The summed E-state index contributed by atoms with van der Waals surface area (Å²) in [4.78, 5) is 0. The smallest absolute Gasteiger partial charge is 0.323 e. The normalized spacial score (nSPS) is 12.5. The topological polar surface area (TPSA) is 49.8 Å². The molecule has 0 amide bonds. The van der Waals surface area contributed by atoms with Gasteiger partial charge in [0.25, 0.3) is 0 Å². The molecule has 0 saturated heterocycles. The molecule has 0 radical (unpaired) electrons. The van der Waals surface area contributed by atoms with Gasteiger partial charge in [-0.3, -0.25) is 0 Å². The third-order valence-corrected chi connectivity index (χ3v) is 2.41. The summed E-state index contributed by atoms with van der Waals surface area (Å²) in [6, 6.07) is 1.68. The van der Waals surface area contributed by atoms with Crippen molar-refractivity contribution in [3.8, 4) is 6.07 Å². The summed E-state index contributed by atoms with van der Waals surface area (Å²) >= 11 is 5.40. The van der Waals surface area contributed by atoms with Crippen LogP contribution in [0.5, 0.6) is 0 Å². The molecule has 1 aromatic rings. The maximum Gasteiger partial charge on any atom is 0.416 e. The quantitative estimate of drug-likeness (QED) is 0.844. The zero-order chi connectivity index (χ0) is 13.2. The fraction of sp³-hybridized carbons (Fsp3) is 0.300. The van der Waals surface area contributed by atoms with Crippen LogP contribution in [0.1, 0.15) is 23.6 Å². The molecule has 0 fully saturated rings. The van der Waals surface area contributed by atoms with Gasteiger partial charge in [-0.1, -0.05) is 11.6 Å². The average molecular weight is 303 g/mol. The summed E-state index contributed by atoms with van der Waals surface area (Å²) in [7, 11) is 0. The van der Waals surface area contributed by atoms with Crippen LogP contribution in [-0.2, 0) is 6.18 Å². The first-order chi connectivity index (χ1) is 7.79. The Morgan fingerprint density at radius 2 is 1.94 bits per heavy atom. The van der Waals surface area contributed by atoms with Crippen molar-refractivity contribution < 1.29 is 17.6 Å². The van der Waals surface area contributed by atoms with Crippen molar-refractivity contribution >= 4 is 24.0 Å². The monoisotopic (exact) mass is 302 g/mol. The number of nitrogens with two attached hydrogens (primary N) is 1. The average Bonchev–Trinajstić information content (AvgIpc) is 2.20. The van der Waals surface area contributed by atoms with Crippen molar-refractivity contribution in [1.82, 2.24) is 0 Å². The standard InChI is InChI=1S/C10H7ClF4N2.ClH/c11-6-2-1-5(10(13,14)15)8(9(6)12)7(17)3-4-16;/h1-2,7H,3,17H2;1H/t7-;/m1./s1. The lowest BCUT2D eigenvalue weighted by molar-refractivity contribution is -0.138. The first-order valence-electron chi connectivity index (χ1n) is 4.46. The molecule has 18 heavy (non-hydrogen) atoms. The van der Waals surface area contributed by atoms with Gasteiger partial charge in [-0.2, -0.15) is 18.4 Å². The maximum atomic E-state index is 13.5. The minimum atomic E-state index is -4.74. The first-order valence-corrected chi connectivity index (χ1v) is 4.84. The van der Waals surface area contributed by atoms with Crippen LogP contribution in [-0.4, -0.2) is 0 Å². The molecule has 2 N–H and O–H groups in total. The third-order valence-electron chi connectivity index (χ3n) is 2.12. The van der Waals surface area contributed by atoms with Crippen LogP contribution >= 0.6 is 24.0 Å². The van der Waals surface area contributed by atoms with Gasteiger partial charge in [-0.15, -0.1) is 12.4 Å². The minimum Gasteiger partial charge on any atom is -0.323 e. The highest BCUT2D eigenvalue weighted by Crippen LogP contribution is 2.38. The Bertz CT molecular complexity index is 468. The summed E-state index contributed by atoms with van der Waals surface area (Å²) in [5.41, 5.74) is 3.37. The van der Waals surface area contributed by atoms with Gasteiger partial charge < -0.3 is 5.73 Å². The zero-order valence-corrected chi connectivity index (χ0v) is 10.3. The van der Waals surface area contributed by atoms with Crippen molar-refractivity contribution in [3.05, 3.63) is 34.1 Å². The molecule has 1 rings (SSSR count). The molecular formula is C10H8Cl2F4N2. The van der Waals surface area contributed by atoms with E-state index in [1.54, 1.807) is 6.07 Å². The Hall–Kier alpha value is -1.03. The summed E-state index contributed by atoms with van der Waals surface area (Å²) in [6.07, 6.45) is -5.17. The molecule has 0 aliphatic carbocycles. The molecule has 0 heterocycles. The fourth-order valence-corrected chi connectivity index (χ4v) is 1.54. The molecule has 0 aliphatic heterocycles. The molecule has 8 heteroatoms. The van der Waals surface area contributed by atoms with Crippen molar-refractivity contribution in [2.75, 3.05) is 0 Å². The third kappa shape index (κ3) is 3.48. The Morgan fingerprint density at radius 1 is 1.39 bits per heavy atom. The first kappa shape index (κ1) is 17.0. The van der Waals surface area contributed by atoms with Crippen LogP contribution in [0, 0.1) is 17.1 Å². The molecule has 1 aromatic carbocycles. The van der Waals surface area contributed by atoms with E-state index in [4.69, 9.17) is 22.6 Å². The van der Waals surface area contributed by atoms with E-state index in [1.165, 1.54) is 0 Å². The number of nitrogens with zero attached hydrogens (tertiary/aromatic N) is 1. The molecule has 0 unspecified atom stereocenters. The molecule has 0 spiro atoms. The van der Waals surface area contributed by atoms with E-state index < -0.39 is 40.6 Å². The number of hydrogen-bond acceptors (Lipinski definition) is 2. The summed E-state index contributed by atoms with van der Waals surface area (Å²) in [5, 5.41) is 7.93. The molecule has 0 aliphatic rings. The second-order valence-corrected chi connectivity index (χ2v) is 3.70. The van der Waals surface area contributed by atoms with Gasteiger partial charge in [-0.25, -0.2) is 4.39 Å². The second kappa shape index (κ2) is 6.23. The van der Waals surface area contributed by atoms with Crippen LogP contribution in [0.25, 0.3) is 0 Å². The summed E-state index contributed by atoms with van der Waals surface area (Å²) in [5.74, 6) is -1.23. The number of rotatable bonds is 2. The van der Waals surface area contributed by atoms with Gasteiger partial charge in [0.05, 0.1) is 23.1 Å². The minimum absolute atomic E-state index is 0. The largest absolute Gasteiger partial charge is 0.416 e. The van der Waals surface area contributed by atoms with E-state index in [0.717, 1.165) is 6.07 Å². The van der Waals surface area contributed by atoms with Crippen LogP contribution in [0.4, 0.5) is 17.6 Å². The van der Waals surface area contributed by atoms with Gasteiger partial charge in [0.2, 0.25) is 0 Å². The Balaban J connectivity index is 0.00000289. The summed E-state index contributed by atoms with van der Waals surface area (Å²) < 4.78 is 51.4. The molecule has 100 valence electrons. The van der Waals surface area contributed by atoms with E-state index in [1.807, 2.05) is 0 Å². The number of nitriles is 1. The molecular weight excluding hydrogens is 295 g/mol. The number of benzene rings is 1. The lowest BCUT2D eigenvalue weighted by atomic mass is 9.98. The molecule has 0 aromatic heterocycles. The van der Waals surface area contributed by atoms with E-state index in [9.17, 15) is 17.6 Å². The van der Waals surface area contributed by atoms with Crippen molar-refractivity contribution in [1.29, 1.82) is 5.26 Å². The molecule has 0 bridgehead atoms. The highest BCUT2D eigenvalue weighted by Gasteiger charge is 2.36. The molecule has 2 nitrogen and oxygen atoms in total. The van der Waals surface area contributed by atoms with Gasteiger partial charge in [-0.05, 0) is 12.1 Å². The van der Waals surface area contributed by atoms with Crippen LogP contribution in [0.2, 0.25) is 5.02 Å². The Labute approximate surface area is 112 Å². The number of hydrogen-bond donors (Lipinski definition) is 1. The number of alkyl halides is 3. The zero-order valence-electron chi connectivity index (χ0n) is 8.76. The van der Waals surface area contributed by atoms with Gasteiger partial charge in [0, 0.05) is 11.6 Å². The van der Waals surface area contributed by atoms with E-state index in [2.05, 4.69) is 0 Å².